The monoisotopic (exact) mass is 286 g/mol. The molecular formula is C17H22N2O2. The number of H-pyrrole nitrogens is 1. The molecule has 112 valence electrons. The third-order valence-electron chi connectivity index (χ3n) is 4.44. The molecule has 1 fully saturated rings. The minimum Gasteiger partial charge on any atom is -0.497 e. The highest BCUT2D eigenvalue weighted by molar-refractivity contribution is 5.85. The fourth-order valence-electron chi connectivity index (χ4n) is 3.48. The molecule has 0 spiro atoms. The molecular weight excluding hydrogens is 264 g/mol. The van der Waals surface area contributed by atoms with Gasteiger partial charge >= 0.3 is 0 Å². The summed E-state index contributed by atoms with van der Waals surface area (Å²) in [6.07, 6.45) is 6.56. The molecule has 0 saturated heterocycles. The van der Waals surface area contributed by atoms with Gasteiger partial charge in [-0.3, -0.25) is 4.79 Å². The average molecular weight is 286 g/mol. The molecule has 1 heterocycles. The molecule has 2 atom stereocenters. The van der Waals surface area contributed by atoms with E-state index in [1.807, 2.05) is 6.07 Å². The van der Waals surface area contributed by atoms with Crippen LogP contribution in [0.4, 0.5) is 0 Å². The maximum atomic E-state index is 11.3. The second-order valence-corrected chi connectivity index (χ2v) is 5.92. The molecule has 1 unspecified atom stereocenters. The Balaban J connectivity index is 1.87. The van der Waals surface area contributed by atoms with Crippen molar-refractivity contribution < 1.29 is 9.53 Å². The molecule has 1 aliphatic rings. The van der Waals surface area contributed by atoms with Crippen molar-refractivity contribution >= 4 is 16.8 Å². The van der Waals surface area contributed by atoms with Crippen LogP contribution < -0.4 is 10.1 Å². The van der Waals surface area contributed by atoms with Gasteiger partial charge in [0.1, 0.15) is 5.75 Å². The first kappa shape index (κ1) is 14.0. The number of rotatable bonds is 3. The molecule has 1 aromatic heterocycles. The van der Waals surface area contributed by atoms with E-state index in [1.54, 1.807) is 14.0 Å². The number of hydrogen-bond donors (Lipinski definition) is 2. The lowest BCUT2D eigenvalue weighted by Crippen LogP contribution is -2.36. The standard InChI is InChI=1S/C17H22N2O2/c1-11(20)19-13-5-3-4-12(8-13)16-10-18-17-7-6-14(21-2)9-15(16)17/h6-7,9-10,12-13,18H,3-5,8H2,1-2H3,(H,19,20)/t12-,13?/m0/s1. The van der Waals surface area contributed by atoms with Crippen LogP contribution in [0.5, 0.6) is 5.75 Å². The van der Waals surface area contributed by atoms with E-state index in [0.29, 0.717) is 12.0 Å². The van der Waals surface area contributed by atoms with Crippen molar-refractivity contribution in [3.05, 3.63) is 30.0 Å². The van der Waals surface area contributed by atoms with Crippen LogP contribution in [0.2, 0.25) is 0 Å². The molecule has 1 aliphatic carbocycles. The molecule has 0 aliphatic heterocycles. The van der Waals surface area contributed by atoms with E-state index in [9.17, 15) is 4.79 Å². The Hall–Kier alpha value is -1.97. The summed E-state index contributed by atoms with van der Waals surface area (Å²) < 4.78 is 5.34. The summed E-state index contributed by atoms with van der Waals surface area (Å²) in [4.78, 5) is 14.6. The van der Waals surface area contributed by atoms with Crippen LogP contribution in [0.3, 0.4) is 0 Å². The van der Waals surface area contributed by atoms with Crippen molar-refractivity contribution in [1.29, 1.82) is 0 Å². The van der Waals surface area contributed by atoms with Gasteiger partial charge in [0.15, 0.2) is 0 Å². The van der Waals surface area contributed by atoms with Crippen LogP contribution >= 0.6 is 0 Å². The Morgan fingerprint density at radius 2 is 2.24 bits per heavy atom. The van der Waals surface area contributed by atoms with E-state index in [4.69, 9.17) is 4.74 Å². The minimum absolute atomic E-state index is 0.0706. The van der Waals surface area contributed by atoms with Gasteiger partial charge < -0.3 is 15.0 Å². The van der Waals surface area contributed by atoms with Gasteiger partial charge in [-0.25, -0.2) is 0 Å². The van der Waals surface area contributed by atoms with Crippen LogP contribution in [0.1, 0.15) is 44.1 Å². The van der Waals surface area contributed by atoms with Gasteiger partial charge in [0.25, 0.3) is 0 Å². The highest BCUT2D eigenvalue weighted by Crippen LogP contribution is 2.37. The molecule has 4 nitrogen and oxygen atoms in total. The van der Waals surface area contributed by atoms with Gasteiger partial charge in [0, 0.05) is 30.1 Å². The lowest BCUT2D eigenvalue weighted by atomic mass is 9.81. The number of nitrogens with one attached hydrogen (secondary N) is 2. The highest BCUT2D eigenvalue weighted by Gasteiger charge is 2.25. The predicted octanol–water partition coefficient (Wildman–Crippen LogP) is 3.34. The highest BCUT2D eigenvalue weighted by atomic mass is 16.5. The first-order valence-electron chi connectivity index (χ1n) is 7.59. The molecule has 1 amide bonds. The van der Waals surface area contributed by atoms with E-state index in [2.05, 4.69) is 28.6 Å². The molecule has 0 bridgehead atoms. The van der Waals surface area contributed by atoms with Crippen molar-refractivity contribution in [1.82, 2.24) is 10.3 Å². The zero-order chi connectivity index (χ0) is 14.8. The lowest BCUT2D eigenvalue weighted by Gasteiger charge is -2.29. The fraction of sp³-hybridized carbons (Fsp3) is 0.471. The van der Waals surface area contributed by atoms with Crippen LogP contribution in [-0.4, -0.2) is 24.0 Å². The topological polar surface area (TPSA) is 54.1 Å². The van der Waals surface area contributed by atoms with Crippen molar-refractivity contribution in [2.75, 3.05) is 7.11 Å². The maximum Gasteiger partial charge on any atom is 0.217 e. The SMILES string of the molecule is COc1ccc2[nH]cc([C@H]3CCCC(NC(C)=O)C3)c2c1. The summed E-state index contributed by atoms with van der Waals surface area (Å²) in [5.41, 5.74) is 2.49. The molecule has 1 aromatic carbocycles. The second-order valence-electron chi connectivity index (χ2n) is 5.92. The van der Waals surface area contributed by atoms with Crippen molar-refractivity contribution in [3.63, 3.8) is 0 Å². The second kappa shape index (κ2) is 5.80. The summed E-state index contributed by atoms with van der Waals surface area (Å²) in [7, 11) is 1.70. The van der Waals surface area contributed by atoms with E-state index in [1.165, 1.54) is 17.4 Å². The first-order chi connectivity index (χ1) is 10.2. The number of aromatic amines is 1. The van der Waals surface area contributed by atoms with E-state index in [0.717, 1.165) is 30.5 Å². The number of hydrogen-bond acceptors (Lipinski definition) is 2. The number of benzene rings is 1. The Kier molecular flexibility index (Phi) is 3.86. The van der Waals surface area contributed by atoms with Gasteiger partial charge in [0.05, 0.1) is 7.11 Å². The third kappa shape index (κ3) is 2.89. The molecule has 2 N–H and O–H groups in total. The number of carbonyl (C=O) groups is 1. The van der Waals surface area contributed by atoms with Gasteiger partial charge in [-0.1, -0.05) is 6.42 Å². The fourth-order valence-corrected chi connectivity index (χ4v) is 3.48. The van der Waals surface area contributed by atoms with E-state index < -0.39 is 0 Å². The third-order valence-corrected chi connectivity index (χ3v) is 4.44. The summed E-state index contributed by atoms with van der Waals surface area (Å²) >= 11 is 0. The normalized spacial score (nSPS) is 22.2. The number of fused-ring (bicyclic) bond motifs is 1. The number of carbonyl (C=O) groups excluding carboxylic acids is 1. The zero-order valence-electron chi connectivity index (χ0n) is 12.6. The Labute approximate surface area is 124 Å². The number of amides is 1. The Bertz CT molecular complexity index is 647. The lowest BCUT2D eigenvalue weighted by molar-refractivity contribution is -0.119. The van der Waals surface area contributed by atoms with Crippen LogP contribution in [-0.2, 0) is 4.79 Å². The van der Waals surface area contributed by atoms with Crippen LogP contribution in [0.15, 0.2) is 24.4 Å². The van der Waals surface area contributed by atoms with Crippen LogP contribution in [0, 0.1) is 0 Å². The molecule has 0 radical (unpaired) electrons. The predicted molar refractivity (Wildman–Crippen MR) is 83.7 cm³/mol. The number of ether oxygens (including phenoxy) is 1. The number of aromatic nitrogens is 1. The maximum absolute atomic E-state index is 11.3. The summed E-state index contributed by atoms with van der Waals surface area (Å²) in [5, 5.41) is 4.31. The Morgan fingerprint density at radius 3 is 3.00 bits per heavy atom. The smallest absolute Gasteiger partial charge is 0.217 e. The number of methoxy groups -OCH3 is 1. The van der Waals surface area contributed by atoms with E-state index >= 15 is 0 Å². The minimum atomic E-state index is 0.0706. The van der Waals surface area contributed by atoms with Crippen molar-refractivity contribution in [2.45, 2.75) is 44.6 Å². The largest absolute Gasteiger partial charge is 0.497 e. The average Bonchev–Trinajstić information content (AvgIpc) is 2.89. The summed E-state index contributed by atoms with van der Waals surface area (Å²) in [6.45, 7) is 1.60. The zero-order valence-corrected chi connectivity index (χ0v) is 12.6. The quantitative estimate of drug-likeness (QED) is 0.909. The molecule has 21 heavy (non-hydrogen) atoms. The molecule has 2 aromatic rings. The molecule has 3 rings (SSSR count). The summed E-state index contributed by atoms with van der Waals surface area (Å²) in [5.74, 6) is 1.45. The van der Waals surface area contributed by atoms with Crippen molar-refractivity contribution in [3.8, 4) is 5.75 Å². The van der Waals surface area contributed by atoms with Gasteiger partial charge in [0.2, 0.25) is 5.91 Å². The van der Waals surface area contributed by atoms with Gasteiger partial charge in [-0.15, -0.1) is 0 Å². The van der Waals surface area contributed by atoms with E-state index in [-0.39, 0.29) is 5.91 Å². The molecule has 1 saturated carbocycles. The first-order valence-corrected chi connectivity index (χ1v) is 7.59. The molecule has 4 heteroatoms. The van der Waals surface area contributed by atoms with Crippen LogP contribution in [0.25, 0.3) is 10.9 Å². The van der Waals surface area contributed by atoms with Gasteiger partial charge in [-0.05, 0) is 48.9 Å². The Morgan fingerprint density at radius 1 is 1.38 bits per heavy atom. The van der Waals surface area contributed by atoms with Gasteiger partial charge in [-0.2, -0.15) is 0 Å². The summed E-state index contributed by atoms with van der Waals surface area (Å²) in [6, 6.07) is 6.44. The van der Waals surface area contributed by atoms with Crippen molar-refractivity contribution in [2.24, 2.45) is 0 Å².